The van der Waals surface area contributed by atoms with Crippen molar-refractivity contribution in [1.29, 1.82) is 0 Å². The third-order valence-corrected chi connectivity index (χ3v) is 5.19. The number of hydrogen-bond acceptors (Lipinski definition) is 4. The zero-order valence-electron chi connectivity index (χ0n) is 16.1. The molecule has 0 aromatic heterocycles. The number of carbonyl (C=O) groups is 3. The van der Waals surface area contributed by atoms with Crippen LogP contribution in [0.1, 0.15) is 15.9 Å². The highest BCUT2D eigenvalue weighted by Crippen LogP contribution is 2.21. The van der Waals surface area contributed by atoms with E-state index in [0.717, 1.165) is 10.5 Å². The van der Waals surface area contributed by atoms with E-state index in [1.165, 1.54) is 11.8 Å². The minimum Gasteiger partial charge on any atom is -0.366 e. The van der Waals surface area contributed by atoms with Crippen LogP contribution in [0.25, 0.3) is 0 Å². The van der Waals surface area contributed by atoms with E-state index in [1.807, 2.05) is 42.5 Å². The zero-order valence-corrected chi connectivity index (χ0v) is 16.9. The van der Waals surface area contributed by atoms with Crippen molar-refractivity contribution in [3.05, 3.63) is 90.0 Å². The molecule has 3 aromatic rings. The van der Waals surface area contributed by atoms with Gasteiger partial charge in [0, 0.05) is 10.6 Å². The highest BCUT2D eigenvalue weighted by atomic mass is 32.2. The summed E-state index contributed by atoms with van der Waals surface area (Å²) in [5.74, 6) is -0.751. The molecule has 0 bridgehead atoms. The van der Waals surface area contributed by atoms with Crippen molar-refractivity contribution in [3.63, 3.8) is 0 Å². The molecule has 0 atom stereocenters. The van der Waals surface area contributed by atoms with Crippen LogP contribution in [-0.2, 0) is 16.0 Å². The molecule has 0 saturated heterocycles. The minimum atomic E-state index is -0.594. The van der Waals surface area contributed by atoms with Gasteiger partial charge in [-0.1, -0.05) is 42.5 Å². The SMILES string of the molecule is NC(=O)c1ccccc1NC(=O)CSc1ccc(NC(=O)Cc2ccccc2)cc1. The molecule has 0 heterocycles. The summed E-state index contributed by atoms with van der Waals surface area (Å²) in [6, 6.07) is 23.4. The fourth-order valence-corrected chi connectivity index (χ4v) is 3.46. The number of nitrogens with one attached hydrogen (secondary N) is 2. The Bertz CT molecular complexity index is 1040. The van der Waals surface area contributed by atoms with Gasteiger partial charge in [-0.15, -0.1) is 11.8 Å². The fourth-order valence-electron chi connectivity index (χ4n) is 2.76. The van der Waals surface area contributed by atoms with Gasteiger partial charge in [-0.05, 0) is 42.0 Å². The van der Waals surface area contributed by atoms with E-state index in [9.17, 15) is 14.4 Å². The van der Waals surface area contributed by atoms with Gasteiger partial charge in [0.15, 0.2) is 0 Å². The second-order valence-electron chi connectivity index (χ2n) is 6.48. The lowest BCUT2D eigenvalue weighted by molar-refractivity contribution is -0.115. The highest BCUT2D eigenvalue weighted by Gasteiger charge is 2.11. The summed E-state index contributed by atoms with van der Waals surface area (Å²) in [5, 5.41) is 5.57. The van der Waals surface area contributed by atoms with Gasteiger partial charge < -0.3 is 16.4 Å². The van der Waals surface area contributed by atoms with E-state index in [2.05, 4.69) is 10.6 Å². The Morgan fingerprint density at radius 1 is 0.767 bits per heavy atom. The quantitative estimate of drug-likeness (QED) is 0.485. The number of carbonyl (C=O) groups excluding carboxylic acids is 3. The lowest BCUT2D eigenvalue weighted by atomic mass is 10.1. The molecular weight excluding hydrogens is 398 g/mol. The van der Waals surface area contributed by atoms with Crippen LogP contribution in [0.4, 0.5) is 11.4 Å². The highest BCUT2D eigenvalue weighted by molar-refractivity contribution is 8.00. The molecule has 3 amide bonds. The van der Waals surface area contributed by atoms with Gasteiger partial charge in [0.05, 0.1) is 23.4 Å². The third-order valence-electron chi connectivity index (χ3n) is 4.18. The van der Waals surface area contributed by atoms with Crippen LogP contribution in [0.15, 0.2) is 83.8 Å². The van der Waals surface area contributed by atoms with Gasteiger partial charge in [-0.3, -0.25) is 14.4 Å². The Kier molecular flexibility index (Phi) is 7.24. The molecule has 0 spiro atoms. The summed E-state index contributed by atoms with van der Waals surface area (Å²) in [6.07, 6.45) is 0.310. The number of primary amides is 1. The Labute approximate surface area is 178 Å². The summed E-state index contributed by atoms with van der Waals surface area (Å²) in [7, 11) is 0. The van der Waals surface area contributed by atoms with Gasteiger partial charge in [-0.25, -0.2) is 0 Å². The standard InChI is InChI=1S/C23H21N3O3S/c24-23(29)19-8-4-5-9-20(19)26-22(28)15-30-18-12-10-17(11-13-18)25-21(27)14-16-6-2-1-3-7-16/h1-13H,14-15H2,(H2,24,29)(H,25,27)(H,26,28). The lowest BCUT2D eigenvalue weighted by Crippen LogP contribution is -2.19. The van der Waals surface area contributed by atoms with Crippen LogP contribution >= 0.6 is 11.8 Å². The second-order valence-corrected chi connectivity index (χ2v) is 7.53. The van der Waals surface area contributed by atoms with Crippen LogP contribution in [0.2, 0.25) is 0 Å². The molecular formula is C23H21N3O3S. The average Bonchev–Trinajstić information content (AvgIpc) is 2.74. The van der Waals surface area contributed by atoms with Gasteiger partial charge in [-0.2, -0.15) is 0 Å². The molecule has 6 nitrogen and oxygen atoms in total. The maximum absolute atomic E-state index is 12.2. The van der Waals surface area contributed by atoms with Crippen LogP contribution in [0, 0.1) is 0 Å². The van der Waals surface area contributed by atoms with Crippen molar-refractivity contribution in [2.45, 2.75) is 11.3 Å². The van der Waals surface area contributed by atoms with E-state index in [0.29, 0.717) is 17.8 Å². The van der Waals surface area contributed by atoms with Crippen molar-refractivity contribution < 1.29 is 14.4 Å². The number of rotatable bonds is 8. The molecule has 3 rings (SSSR count). The minimum absolute atomic E-state index is 0.0888. The van der Waals surface area contributed by atoms with E-state index in [-0.39, 0.29) is 23.1 Å². The molecule has 0 aliphatic rings. The number of anilines is 2. The first kappa shape index (κ1) is 21.1. The molecule has 0 unspecified atom stereocenters. The summed E-state index contributed by atoms with van der Waals surface area (Å²) in [4.78, 5) is 36.6. The number of thioether (sulfide) groups is 1. The molecule has 152 valence electrons. The van der Waals surface area contributed by atoms with E-state index in [4.69, 9.17) is 5.73 Å². The summed E-state index contributed by atoms with van der Waals surface area (Å²) < 4.78 is 0. The average molecular weight is 420 g/mol. The van der Waals surface area contributed by atoms with Crippen LogP contribution in [-0.4, -0.2) is 23.5 Å². The van der Waals surface area contributed by atoms with E-state index < -0.39 is 5.91 Å². The molecule has 30 heavy (non-hydrogen) atoms. The van der Waals surface area contributed by atoms with Gasteiger partial charge in [0.1, 0.15) is 0 Å². The van der Waals surface area contributed by atoms with E-state index >= 15 is 0 Å². The predicted molar refractivity (Wildman–Crippen MR) is 120 cm³/mol. The maximum atomic E-state index is 12.2. The summed E-state index contributed by atoms with van der Waals surface area (Å²) in [6.45, 7) is 0. The van der Waals surface area contributed by atoms with Gasteiger partial charge >= 0.3 is 0 Å². The first-order valence-electron chi connectivity index (χ1n) is 9.26. The molecule has 4 N–H and O–H groups in total. The van der Waals surface area contributed by atoms with Crippen LogP contribution in [0.5, 0.6) is 0 Å². The van der Waals surface area contributed by atoms with Crippen molar-refractivity contribution in [2.75, 3.05) is 16.4 Å². The van der Waals surface area contributed by atoms with Crippen LogP contribution < -0.4 is 16.4 Å². The van der Waals surface area contributed by atoms with Crippen molar-refractivity contribution in [3.8, 4) is 0 Å². The van der Waals surface area contributed by atoms with Gasteiger partial charge in [0.25, 0.3) is 5.91 Å². The third kappa shape index (κ3) is 6.22. The van der Waals surface area contributed by atoms with E-state index in [1.54, 1.807) is 36.4 Å². The Hall–Kier alpha value is -3.58. The maximum Gasteiger partial charge on any atom is 0.250 e. The van der Waals surface area contributed by atoms with Crippen molar-refractivity contribution in [2.24, 2.45) is 5.73 Å². The normalized spacial score (nSPS) is 10.3. The molecule has 0 aliphatic carbocycles. The second kappa shape index (κ2) is 10.3. The monoisotopic (exact) mass is 419 g/mol. The number of para-hydroxylation sites is 1. The first-order valence-corrected chi connectivity index (χ1v) is 10.2. The lowest BCUT2D eigenvalue weighted by Gasteiger charge is -2.09. The number of hydrogen-bond donors (Lipinski definition) is 3. The van der Waals surface area contributed by atoms with Crippen molar-refractivity contribution in [1.82, 2.24) is 0 Å². The summed E-state index contributed by atoms with van der Waals surface area (Å²) in [5.41, 5.74) is 7.63. The molecule has 7 heteroatoms. The number of nitrogens with two attached hydrogens (primary N) is 1. The molecule has 0 fully saturated rings. The largest absolute Gasteiger partial charge is 0.366 e. The Balaban J connectivity index is 1.49. The van der Waals surface area contributed by atoms with Crippen LogP contribution in [0.3, 0.4) is 0 Å². The van der Waals surface area contributed by atoms with Crippen molar-refractivity contribution >= 4 is 40.9 Å². The fraction of sp³-hybridized carbons (Fsp3) is 0.0870. The molecule has 0 radical (unpaired) electrons. The smallest absolute Gasteiger partial charge is 0.250 e. The summed E-state index contributed by atoms with van der Waals surface area (Å²) >= 11 is 1.35. The molecule has 0 aliphatic heterocycles. The predicted octanol–water partition coefficient (Wildman–Crippen LogP) is 3.70. The van der Waals surface area contributed by atoms with Gasteiger partial charge in [0.2, 0.25) is 11.8 Å². The number of amides is 3. The molecule has 3 aromatic carbocycles. The Morgan fingerprint density at radius 3 is 2.13 bits per heavy atom. The molecule has 0 saturated carbocycles. The topological polar surface area (TPSA) is 101 Å². The Morgan fingerprint density at radius 2 is 1.43 bits per heavy atom. The first-order chi connectivity index (χ1) is 14.5. The zero-order chi connectivity index (χ0) is 21.3. The number of benzene rings is 3.